The Labute approximate surface area is 152 Å². The Morgan fingerprint density at radius 3 is 2.56 bits per heavy atom. The van der Waals surface area contributed by atoms with Gasteiger partial charge in [-0.2, -0.15) is 4.98 Å². The molecule has 1 heterocycles. The van der Waals surface area contributed by atoms with E-state index >= 15 is 0 Å². The van der Waals surface area contributed by atoms with Gasteiger partial charge in [0.2, 0.25) is 10.0 Å². The van der Waals surface area contributed by atoms with Gasteiger partial charge in [0, 0.05) is 24.1 Å². The minimum absolute atomic E-state index is 0. The molecule has 0 spiro atoms. The Morgan fingerprint density at radius 2 is 1.96 bits per heavy atom. The van der Waals surface area contributed by atoms with Crippen molar-refractivity contribution < 1.29 is 17.3 Å². The molecule has 0 bridgehead atoms. The molecule has 0 radical (unpaired) electrons. The molecule has 1 aromatic heterocycles. The van der Waals surface area contributed by atoms with E-state index in [4.69, 9.17) is 4.52 Å². The van der Waals surface area contributed by atoms with Crippen LogP contribution in [0.2, 0.25) is 0 Å². The summed E-state index contributed by atoms with van der Waals surface area (Å²) in [5, 5.41) is 6.92. The van der Waals surface area contributed by atoms with Gasteiger partial charge >= 0.3 is 0 Å². The molecular formula is C15H22ClFN4O3S. The van der Waals surface area contributed by atoms with Crippen LogP contribution in [0.15, 0.2) is 27.6 Å². The number of sulfonamides is 1. The first-order valence-corrected chi connectivity index (χ1v) is 9.03. The van der Waals surface area contributed by atoms with Crippen LogP contribution < -0.4 is 10.0 Å². The first-order chi connectivity index (χ1) is 11.2. The molecule has 0 fully saturated rings. The molecule has 1 atom stereocenters. The van der Waals surface area contributed by atoms with E-state index in [1.807, 2.05) is 14.0 Å². The summed E-state index contributed by atoms with van der Waals surface area (Å²) in [4.78, 5) is 3.78. The zero-order valence-electron chi connectivity index (χ0n) is 14.4. The van der Waals surface area contributed by atoms with E-state index < -0.39 is 20.7 Å². The van der Waals surface area contributed by atoms with E-state index in [2.05, 4.69) is 20.2 Å². The molecular weight excluding hydrogens is 371 g/mol. The lowest BCUT2D eigenvalue weighted by Gasteiger charge is -2.10. The highest BCUT2D eigenvalue weighted by molar-refractivity contribution is 7.89. The Morgan fingerprint density at radius 1 is 1.28 bits per heavy atom. The molecule has 0 aliphatic heterocycles. The zero-order chi connectivity index (χ0) is 17.9. The zero-order valence-corrected chi connectivity index (χ0v) is 16.0. The predicted octanol–water partition coefficient (Wildman–Crippen LogP) is 2.13. The molecule has 2 N–H and O–H groups in total. The van der Waals surface area contributed by atoms with Gasteiger partial charge in [-0.05, 0) is 46.0 Å². The van der Waals surface area contributed by atoms with Crippen LogP contribution in [-0.4, -0.2) is 37.7 Å². The number of benzene rings is 1. The smallest absolute Gasteiger partial charge is 0.257 e. The van der Waals surface area contributed by atoms with Gasteiger partial charge in [0.15, 0.2) is 5.82 Å². The van der Waals surface area contributed by atoms with Crippen LogP contribution in [-0.2, 0) is 16.4 Å². The first kappa shape index (κ1) is 21.5. The van der Waals surface area contributed by atoms with Crippen LogP contribution in [0.1, 0.15) is 26.6 Å². The fraction of sp³-hybridized carbons (Fsp3) is 0.467. The molecule has 0 saturated heterocycles. The topological polar surface area (TPSA) is 97.1 Å². The minimum Gasteiger partial charge on any atom is -0.334 e. The van der Waals surface area contributed by atoms with Crippen LogP contribution in [0, 0.1) is 5.82 Å². The second kappa shape index (κ2) is 8.70. The van der Waals surface area contributed by atoms with E-state index in [0.29, 0.717) is 17.8 Å². The highest BCUT2D eigenvalue weighted by Crippen LogP contribution is 2.24. The fourth-order valence-electron chi connectivity index (χ4n) is 2.05. The number of nitrogens with zero attached hydrogens (tertiary/aromatic N) is 2. The summed E-state index contributed by atoms with van der Waals surface area (Å²) in [6.07, 6.45) is 0.557. The summed E-state index contributed by atoms with van der Waals surface area (Å²) in [5.74, 6) is -0.203. The van der Waals surface area contributed by atoms with Crippen molar-refractivity contribution in [2.24, 2.45) is 0 Å². The summed E-state index contributed by atoms with van der Waals surface area (Å²) >= 11 is 0. The van der Waals surface area contributed by atoms with Gasteiger partial charge in [-0.25, -0.2) is 17.5 Å². The predicted molar refractivity (Wildman–Crippen MR) is 94.6 cm³/mol. The molecule has 0 saturated carbocycles. The maximum Gasteiger partial charge on any atom is 0.257 e. The lowest BCUT2D eigenvalue weighted by Crippen LogP contribution is -2.30. The van der Waals surface area contributed by atoms with E-state index in [1.54, 1.807) is 13.8 Å². The van der Waals surface area contributed by atoms with Crippen molar-refractivity contribution in [1.82, 2.24) is 20.2 Å². The SMILES string of the molecule is CNC(C)Cc1noc(-c2ccc(F)c(S(=O)(=O)NC(C)C)c2)n1.Cl. The average molecular weight is 393 g/mol. The number of halogens is 2. The van der Waals surface area contributed by atoms with Crippen LogP contribution in [0.3, 0.4) is 0 Å². The van der Waals surface area contributed by atoms with Gasteiger partial charge in [0.05, 0.1) is 0 Å². The summed E-state index contributed by atoms with van der Waals surface area (Å²) in [5.41, 5.74) is 0.344. The second-order valence-corrected chi connectivity index (χ2v) is 7.51. The first-order valence-electron chi connectivity index (χ1n) is 7.55. The fourth-order valence-corrected chi connectivity index (χ4v) is 3.40. The van der Waals surface area contributed by atoms with Crippen molar-refractivity contribution in [3.8, 4) is 11.5 Å². The Hall–Kier alpha value is -1.55. The third kappa shape index (κ3) is 5.46. The van der Waals surface area contributed by atoms with Crippen LogP contribution in [0.4, 0.5) is 4.39 Å². The molecule has 2 rings (SSSR count). The molecule has 2 aromatic rings. The Balaban J connectivity index is 0.00000312. The third-order valence-electron chi connectivity index (χ3n) is 3.31. The van der Waals surface area contributed by atoms with Crippen molar-refractivity contribution >= 4 is 22.4 Å². The third-order valence-corrected chi connectivity index (χ3v) is 4.98. The number of rotatable bonds is 7. The number of hydrogen-bond acceptors (Lipinski definition) is 6. The largest absolute Gasteiger partial charge is 0.334 e. The number of likely N-dealkylation sites (N-methyl/N-ethyl adjacent to an activating group) is 1. The van der Waals surface area contributed by atoms with Gasteiger partial charge in [-0.1, -0.05) is 5.16 Å². The minimum atomic E-state index is -3.96. The second-order valence-electron chi connectivity index (χ2n) is 5.83. The van der Waals surface area contributed by atoms with E-state index in [-0.39, 0.29) is 30.4 Å². The summed E-state index contributed by atoms with van der Waals surface area (Å²) in [6, 6.07) is 3.48. The molecule has 0 aliphatic rings. The molecule has 10 heteroatoms. The lowest BCUT2D eigenvalue weighted by molar-refractivity contribution is 0.418. The molecule has 7 nitrogen and oxygen atoms in total. The lowest BCUT2D eigenvalue weighted by atomic mass is 10.2. The normalized spacial score (nSPS) is 12.9. The van der Waals surface area contributed by atoms with E-state index in [9.17, 15) is 12.8 Å². The summed E-state index contributed by atoms with van der Waals surface area (Å²) in [7, 11) is -2.14. The van der Waals surface area contributed by atoms with Gasteiger partial charge < -0.3 is 9.84 Å². The number of aromatic nitrogens is 2. The van der Waals surface area contributed by atoms with Gasteiger partial charge in [-0.3, -0.25) is 0 Å². The average Bonchev–Trinajstić information content (AvgIpc) is 2.94. The van der Waals surface area contributed by atoms with Crippen molar-refractivity contribution in [3.63, 3.8) is 0 Å². The van der Waals surface area contributed by atoms with Gasteiger partial charge in [0.25, 0.3) is 5.89 Å². The molecule has 1 unspecified atom stereocenters. The van der Waals surface area contributed by atoms with Gasteiger partial charge in [0.1, 0.15) is 10.7 Å². The number of nitrogens with one attached hydrogen (secondary N) is 2. The highest BCUT2D eigenvalue weighted by atomic mass is 35.5. The van der Waals surface area contributed by atoms with Crippen molar-refractivity contribution in [1.29, 1.82) is 0 Å². The number of hydrogen-bond donors (Lipinski definition) is 2. The monoisotopic (exact) mass is 392 g/mol. The molecule has 1 aromatic carbocycles. The van der Waals surface area contributed by atoms with Crippen LogP contribution in [0.25, 0.3) is 11.5 Å². The van der Waals surface area contributed by atoms with Crippen LogP contribution >= 0.6 is 12.4 Å². The molecule has 140 valence electrons. The maximum absolute atomic E-state index is 14.0. The summed E-state index contributed by atoms with van der Waals surface area (Å²) in [6.45, 7) is 5.29. The molecule has 0 aliphatic carbocycles. The van der Waals surface area contributed by atoms with Crippen LogP contribution in [0.5, 0.6) is 0 Å². The van der Waals surface area contributed by atoms with Crippen molar-refractivity contribution in [3.05, 3.63) is 29.8 Å². The quantitative estimate of drug-likeness (QED) is 0.749. The highest BCUT2D eigenvalue weighted by Gasteiger charge is 2.22. The Bertz CT molecular complexity index is 811. The molecule has 25 heavy (non-hydrogen) atoms. The van der Waals surface area contributed by atoms with Gasteiger partial charge in [-0.15, -0.1) is 12.4 Å². The summed E-state index contributed by atoms with van der Waals surface area (Å²) < 4.78 is 45.9. The van der Waals surface area contributed by atoms with Crippen molar-refractivity contribution in [2.45, 2.75) is 44.2 Å². The van der Waals surface area contributed by atoms with E-state index in [0.717, 1.165) is 6.07 Å². The maximum atomic E-state index is 14.0. The van der Waals surface area contributed by atoms with E-state index in [1.165, 1.54) is 12.1 Å². The Kier molecular flexibility index (Phi) is 7.48. The van der Waals surface area contributed by atoms with Crippen molar-refractivity contribution in [2.75, 3.05) is 7.05 Å². The molecule has 0 amide bonds. The standard InChI is InChI=1S/C15H21FN4O3S.ClH/c1-9(2)20-24(21,22)13-8-11(5-6-12(13)16)15-18-14(19-23-15)7-10(3)17-4;/h5-6,8-10,17,20H,7H2,1-4H3;1H.